The summed E-state index contributed by atoms with van der Waals surface area (Å²) in [4.78, 5) is 0. The van der Waals surface area contributed by atoms with Crippen LogP contribution >= 0.6 is 0 Å². The maximum Gasteiger partial charge on any atom is 0.136 e. The van der Waals surface area contributed by atoms with E-state index in [-0.39, 0.29) is 24.2 Å². The molecule has 210 valence electrons. The van der Waals surface area contributed by atoms with Gasteiger partial charge in [0.05, 0.1) is 5.48 Å². The van der Waals surface area contributed by atoms with E-state index < -0.39 is 0 Å². The second-order valence-electron chi connectivity index (χ2n) is 11.3. The predicted octanol–water partition coefficient (Wildman–Crippen LogP) is 12.6. The molecule has 8 aromatic carbocycles. The third kappa shape index (κ3) is 4.24. The van der Waals surface area contributed by atoms with Crippen LogP contribution in [0.3, 0.4) is 0 Å². The summed E-state index contributed by atoms with van der Waals surface area (Å²) in [6.07, 6.45) is 0. The lowest BCUT2D eigenvalue weighted by molar-refractivity contribution is 0.669. The van der Waals surface area contributed by atoms with Gasteiger partial charge in [0.1, 0.15) is 11.2 Å². The molecule has 1 heteroatoms. The van der Waals surface area contributed by atoms with Crippen molar-refractivity contribution in [2.75, 3.05) is 0 Å². The summed E-state index contributed by atoms with van der Waals surface area (Å²) in [6, 6.07) is 48.2. The molecule has 0 N–H and O–H groups in total. The molecule has 0 aliphatic rings. The van der Waals surface area contributed by atoms with E-state index in [1.165, 1.54) is 0 Å². The first-order valence-electron chi connectivity index (χ1n) is 17.1. The topological polar surface area (TPSA) is 13.1 Å². The second kappa shape index (κ2) is 10.4. The van der Waals surface area contributed by atoms with Crippen LogP contribution < -0.4 is 0 Å². The Morgan fingerprint density at radius 2 is 0.889 bits per heavy atom. The second-order valence-corrected chi connectivity index (χ2v) is 11.3. The van der Waals surface area contributed by atoms with Gasteiger partial charge in [0.15, 0.2) is 0 Å². The van der Waals surface area contributed by atoms with Crippen LogP contribution in [0.2, 0.25) is 0 Å². The van der Waals surface area contributed by atoms with E-state index in [2.05, 4.69) is 42.5 Å². The number of hydrogen-bond donors (Lipinski definition) is 0. The van der Waals surface area contributed by atoms with Crippen LogP contribution in [0.25, 0.3) is 88.0 Å². The van der Waals surface area contributed by atoms with E-state index in [0.29, 0.717) is 22.3 Å². The molecule has 0 atom stereocenters. The minimum atomic E-state index is -0.210. The minimum Gasteiger partial charge on any atom is -0.456 e. The summed E-state index contributed by atoms with van der Waals surface area (Å²) in [6.45, 7) is 0. The zero-order chi connectivity index (χ0) is 33.2. The van der Waals surface area contributed by atoms with Crippen LogP contribution in [0.1, 0.15) is 5.48 Å². The molecule has 0 unspecified atom stereocenters. The highest BCUT2D eigenvalue weighted by Crippen LogP contribution is 2.44. The van der Waals surface area contributed by atoms with Gasteiger partial charge >= 0.3 is 0 Å². The van der Waals surface area contributed by atoms with Gasteiger partial charge < -0.3 is 4.42 Å². The van der Waals surface area contributed by atoms with E-state index in [4.69, 9.17) is 7.16 Å². The van der Waals surface area contributed by atoms with Gasteiger partial charge in [-0.15, -0.1) is 0 Å². The monoisotopic (exact) mass is 576 g/mol. The third-order valence-corrected chi connectivity index (χ3v) is 8.74. The fraction of sp³-hybridized carbons (Fsp3) is 0. The van der Waals surface area contributed by atoms with Crippen LogP contribution in [-0.4, -0.2) is 0 Å². The molecule has 45 heavy (non-hydrogen) atoms. The van der Waals surface area contributed by atoms with Gasteiger partial charge in [-0.25, -0.2) is 0 Å². The Morgan fingerprint density at radius 1 is 0.356 bits per heavy atom. The fourth-order valence-corrected chi connectivity index (χ4v) is 6.67. The number of benzene rings is 8. The predicted molar refractivity (Wildman–Crippen MR) is 190 cm³/mol. The van der Waals surface area contributed by atoms with Crippen molar-refractivity contribution in [1.29, 1.82) is 0 Å². The van der Waals surface area contributed by atoms with Gasteiger partial charge in [-0.05, 0) is 96.4 Å². The van der Waals surface area contributed by atoms with Crippen molar-refractivity contribution in [2.45, 2.75) is 0 Å². The summed E-state index contributed by atoms with van der Waals surface area (Å²) in [5.74, 6) is 0. The Kier molecular flexibility index (Phi) is 5.00. The molecule has 1 heterocycles. The number of hydrogen-bond acceptors (Lipinski definition) is 1. The van der Waals surface area contributed by atoms with Crippen LogP contribution in [0.15, 0.2) is 174 Å². The quantitative estimate of drug-likeness (QED) is 0.190. The zero-order valence-corrected chi connectivity index (χ0v) is 24.3. The zero-order valence-electron chi connectivity index (χ0n) is 28.3. The molecule has 0 saturated heterocycles. The molecule has 1 nitrogen and oxygen atoms in total. The summed E-state index contributed by atoms with van der Waals surface area (Å²) in [5.41, 5.74) is 7.77. The van der Waals surface area contributed by atoms with E-state index in [0.717, 1.165) is 65.7 Å². The highest BCUT2D eigenvalue weighted by Gasteiger charge is 2.17. The minimum absolute atomic E-state index is 0.0515. The maximum atomic E-state index is 9.65. The molecular weight excluding hydrogens is 544 g/mol. The molecule has 0 saturated carbocycles. The van der Waals surface area contributed by atoms with Gasteiger partial charge in [0.25, 0.3) is 0 Å². The van der Waals surface area contributed by atoms with Crippen LogP contribution in [0.4, 0.5) is 0 Å². The van der Waals surface area contributed by atoms with Crippen molar-refractivity contribution in [3.8, 4) is 44.5 Å². The van der Waals surface area contributed by atoms with Gasteiger partial charge in [-0.2, -0.15) is 0 Å². The fourth-order valence-electron chi connectivity index (χ4n) is 6.67. The Hall–Kier alpha value is -5.92. The number of fused-ring (bicyclic) bond motifs is 5. The molecule has 1 aromatic heterocycles. The van der Waals surface area contributed by atoms with Crippen molar-refractivity contribution in [2.24, 2.45) is 0 Å². The van der Waals surface area contributed by atoms with Crippen molar-refractivity contribution in [3.63, 3.8) is 0 Å². The van der Waals surface area contributed by atoms with Gasteiger partial charge in [-0.1, -0.05) is 139 Å². The first-order chi connectivity index (χ1) is 24.0. The lowest BCUT2D eigenvalue weighted by Gasteiger charge is -2.18. The molecule has 0 aliphatic carbocycles. The maximum absolute atomic E-state index is 9.65. The molecule has 0 fully saturated rings. The van der Waals surface area contributed by atoms with Crippen LogP contribution in [-0.2, 0) is 0 Å². The van der Waals surface area contributed by atoms with Gasteiger partial charge in [-0.3, -0.25) is 0 Å². The smallest absolute Gasteiger partial charge is 0.136 e. The van der Waals surface area contributed by atoms with Crippen molar-refractivity contribution in [3.05, 3.63) is 170 Å². The Bertz CT molecular complexity index is 2690. The van der Waals surface area contributed by atoms with Crippen LogP contribution in [0.5, 0.6) is 0 Å². The van der Waals surface area contributed by atoms with Crippen molar-refractivity contribution in [1.82, 2.24) is 0 Å². The summed E-state index contributed by atoms with van der Waals surface area (Å²) in [5, 5.41) is 5.72. The summed E-state index contributed by atoms with van der Waals surface area (Å²) >= 11 is 0. The number of rotatable bonds is 4. The van der Waals surface area contributed by atoms with E-state index >= 15 is 0 Å². The SMILES string of the molecule is [2H]c1c([2H])c(-c2ccc3c(c2)oc2ccc(-c4ccccc4)cc23)c([2H])c(-c2c3ccccc3c(-c3ccccc3)c3ccccc23)c1[2H]. The average molecular weight is 577 g/mol. The molecule has 0 radical (unpaired) electrons. The highest BCUT2D eigenvalue weighted by atomic mass is 16.3. The average Bonchev–Trinajstić information content (AvgIpc) is 3.52. The Morgan fingerprint density at radius 3 is 1.56 bits per heavy atom. The summed E-state index contributed by atoms with van der Waals surface area (Å²) < 4.78 is 43.2. The Labute approximate surface area is 267 Å². The third-order valence-electron chi connectivity index (χ3n) is 8.74. The van der Waals surface area contributed by atoms with Crippen molar-refractivity contribution < 1.29 is 9.90 Å². The molecule has 9 rings (SSSR count). The lowest BCUT2D eigenvalue weighted by Crippen LogP contribution is -1.91. The van der Waals surface area contributed by atoms with Crippen molar-refractivity contribution >= 4 is 43.5 Å². The molecule has 0 spiro atoms. The van der Waals surface area contributed by atoms with E-state index in [1.54, 1.807) is 0 Å². The molecule has 0 bridgehead atoms. The molecular formula is C44H28O. The standard InChI is InChI=1S/C44H28O/c1-3-12-29(13-4-1)32-23-25-41-40(27-32)35-24-22-33(28-42(35)45-41)31-16-11-17-34(26-31)44-38-20-9-7-18-36(38)43(30-14-5-2-6-15-30)37-19-8-10-21-39(37)44/h1-28H/i11D,16D,17D,26D. The van der Waals surface area contributed by atoms with Gasteiger partial charge in [0.2, 0.25) is 0 Å². The molecule has 9 aromatic rings. The lowest BCUT2D eigenvalue weighted by atomic mass is 9.85. The molecule has 0 aliphatic heterocycles. The van der Waals surface area contributed by atoms with Crippen LogP contribution in [0, 0.1) is 0 Å². The van der Waals surface area contributed by atoms with E-state index in [1.807, 2.05) is 103 Å². The Balaban J connectivity index is 1.29. The normalized spacial score (nSPS) is 12.8. The van der Waals surface area contributed by atoms with E-state index in [9.17, 15) is 2.74 Å². The first kappa shape index (κ1) is 21.7. The first-order valence-corrected chi connectivity index (χ1v) is 15.1. The number of furan rings is 1. The molecule has 0 amide bonds. The highest BCUT2D eigenvalue weighted by molar-refractivity contribution is 6.21. The summed E-state index contributed by atoms with van der Waals surface area (Å²) in [7, 11) is 0. The largest absolute Gasteiger partial charge is 0.456 e. The van der Waals surface area contributed by atoms with Gasteiger partial charge in [0, 0.05) is 10.8 Å².